The summed E-state index contributed by atoms with van der Waals surface area (Å²) in [5, 5.41) is 3.47. The number of hydrogen-bond donors (Lipinski definition) is 1. The Hall–Kier alpha value is 0.220. The number of rotatable bonds is 6. The Morgan fingerprint density at radius 2 is 2.05 bits per heavy atom. The number of nitrogens with zero attached hydrogens (tertiary/aromatic N) is 1. The summed E-state index contributed by atoms with van der Waals surface area (Å²) in [7, 11) is -3.05. The van der Waals surface area contributed by atoms with Crippen LogP contribution in [0.15, 0.2) is 0 Å². The Bertz CT molecular complexity index is 377. The first-order chi connectivity index (χ1) is 8.59. The molecule has 0 radical (unpaired) electrons. The molecule has 0 aromatic rings. The summed E-state index contributed by atoms with van der Waals surface area (Å²) in [4.78, 5) is 0. The monoisotopic (exact) mass is 308 g/mol. The van der Waals surface area contributed by atoms with Crippen molar-refractivity contribution in [1.82, 2.24) is 9.62 Å². The number of thioether (sulfide) groups is 1. The van der Waals surface area contributed by atoms with Crippen LogP contribution in [0.1, 0.15) is 40.5 Å². The van der Waals surface area contributed by atoms with Gasteiger partial charge in [-0.1, -0.05) is 20.8 Å². The second kappa shape index (κ2) is 6.78. The van der Waals surface area contributed by atoms with Gasteiger partial charge in [0.25, 0.3) is 0 Å². The average Bonchev–Trinajstić information content (AvgIpc) is 2.70. The maximum atomic E-state index is 11.6. The van der Waals surface area contributed by atoms with E-state index in [1.165, 1.54) is 6.26 Å². The molecular formula is C13H28N2O2S2. The van der Waals surface area contributed by atoms with E-state index in [0.29, 0.717) is 12.6 Å². The van der Waals surface area contributed by atoms with Gasteiger partial charge in [0.15, 0.2) is 0 Å². The van der Waals surface area contributed by atoms with Crippen molar-refractivity contribution in [3.8, 4) is 0 Å². The molecule has 1 N–H and O–H groups in total. The maximum absolute atomic E-state index is 11.6. The van der Waals surface area contributed by atoms with E-state index in [0.717, 1.165) is 25.1 Å². The zero-order chi connectivity index (χ0) is 14.7. The molecule has 0 aliphatic carbocycles. The summed E-state index contributed by atoms with van der Waals surface area (Å²) in [6.45, 7) is 10.2. The number of nitrogens with one attached hydrogen (secondary N) is 1. The van der Waals surface area contributed by atoms with Gasteiger partial charge in [-0.2, -0.15) is 16.1 Å². The van der Waals surface area contributed by atoms with Crippen molar-refractivity contribution in [3.63, 3.8) is 0 Å². The molecule has 0 amide bonds. The lowest BCUT2D eigenvalue weighted by Crippen LogP contribution is -2.44. The lowest BCUT2D eigenvalue weighted by atomic mass is 10.2. The Labute approximate surface area is 122 Å². The van der Waals surface area contributed by atoms with Crippen molar-refractivity contribution >= 4 is 21.8 Å². The number of sulfonamides is 1. The molecule has 4 nitrogen and oxygen atoms in total. The first-order valence-corrected chi connectivity index (χ1v) is 9.77. The van der Waals surface area contributed by atoms with Crippen molar-refractivity contribution in [2.45, 2.75) is 57.4 Å². The lowest BCUT2D eigenvalue weighted by molar-refractivity contribution is 0.366. The second-order valence-electron chi connectivity index (χ2n) is 6.40. The van der Waals surface area contributed by atoms with Crippen molar-refractivity contribution in [3.05, 3.63) is 0 Å². The van der Waals surface area contributed by atoms with E-state index in [-0.39, 0.29) is 10.8 Å². The zero-order valence-electron chi connectivity index (χ0n) is 12.8. The fourth-order valence-corrected chi connectivity index (χ4v) is 4.27. The molecule has 0 bridgehead atoms. The summed E-state index contributed by atoms with van der Waals surface area (Å²) < 4.78 is 25.2. The molecule has 0 aromatic heterocycles. The second-order valence-corrected chi connectivity index (χ2v) is 10.2. The molecule has 114 valence electrons. The van der Waals surface area contributed by atoms with Gasteiger partial charge < -0.3 is 5.32 Å². The molecular weight excluding hydrogens is 280 g/mol. The van der Waals surface area contributed by atoms with Gasteiger partial charge in [-0.3, -0.25) is 0 Å². The van der Waals surface area contributed by atoms with Gasteiger partial charge in [0.05, 0.1) is 6.26 Å². The Morgan fingerprint density at radius 3 is 2.58 bits per heavy atom. The fourth-order valence-electron chi connectivity index (χ4n) is 2.22. The van der Waals surface area contributed by atoms with Gasteiger partial charge in [0, 0.05) is 35.7 Å². The molecule has 1 aliphatic heterocycles. The highest BCUT2D eigenvalue weighted by molar-refractivity contribution is 8.00. The summed E-state index contributed by atoms with van der Waals surface area (Å²) in [6, 6.07) is 0.545. The molecule has 19 heavy (non-hydrogen) atoms. The van der Waals surface area contributed by atoms with Crippen LogP contribution in [0, 0.1) is 0 Å². The van der Waals surface area contributed by atoms with Crippen LogP contribution >= 0.6 is 11.8 Å². The Morgan fingerprint density at radius 1 is 1.42 bits per heavy atom. The van der Waals surface area contributed by atoms with E-state index in [1.807, 2.05) is 11.8 Å². The molecule has 0 unspecified atom stereocenters. The van der Waals surface area contributed by atoms with Crippen molar-refractivity contribution in [2.24, 2.45) is 0 Å². The highest BCUT2D eigenvalue weighted by atomic mass is 32.2. The van der Waals surface area contributed by atoms with Crippen molar-refractivity contribution in [1.29, 1.82) is 0 Å². The number of hydrogen-bond acceptors (Lipinski definition) is 4. The molecule has 1 aliphatic rings. The van der Waals surface area contributed by atoms with Crippen LogP contribution in [0.2, 0.25) is 0 Å². The SMILES string of the molecule is C[C@H](CSC(C)(C)C)NC[C@H]1CCCN1S(C)(=O)=O. The molecule has 1 fully saturated rings. The molecule has 6 heteroatoms. The maximum Gasteiger partial charge on any atom is 0.211 e. The summed E-state index contributed by atoms with van der Waals surface area (Å²) in [5.74, 6) is 1.05. The van der Waals surface area contributed by atoms with Crippen LogP contribution in [0.5, 0.6) is 0 Å². The van der Waals surface area contributed by atoms with E-state index in [9.17, 15) is 8.42 Å². The molecule has 1 rings (SSSR count). The third-order valence-corrected chi connectivity index (χ3v) is 6.08. The van der Waals surface area contributed by atoms with Gasteiger partial charge >= 0.3 is 0 Å². The van der Waals surface area contributed by atoms with Crippen LogP contribution in [0.3, 0.4) is 0 Å². The Balaban J connectivity index is 2.36. The third kappa shape index (κ3) is 6.47. The Kier molecular flexibility index (Phi) is 6.17. The van der Waals surface area contributed by atoms with Crippen molar-refractivity contribution < 1.29 is 8.42 Å². The summed E-state index contributed by atoms with van der Waals surface area (Å²) in [5.41, 5.74) is 0. The lowest BCUT2D eigenvalue weighted by Gasteiger charge is -2.25. The average molecular weight is 309 g/mol. The highest BCUT2D eigenvalue weighted by Gasteiger charge is 2.31. The molecule has 0 spiro atoms. The van der Waals surface area contributed by atoms with Crippen LogP contribution in [0.25, 0.3) is 0 Å². The topological polar surface area (TPSA) is 49.4 Å². The first kappa shape index (κ1) is 17.3. The summed E-state index contributed by atoms with van der Waals surface area (Å²) in [6.07, 6.45) is 3.26. The van der Waals surface area contributed by atoms with E-state index >= 15 is 0 Å². The van der Waals surface area contributed by atoms with E-state index in [1.54, 1.807) is 4.31 Å². The first-order valence-electron chi connectivity index (χ1n) is 6.94. The standard InChI is InChI=1S/C13H28N2O2S2/c1-11(10-18-13(2,3)4)14-9-12-7-6-8-15(12)19(5,16)17/h11-12,14H,6-10H2,1-5H3/t11-,12-/m1/s1. The smallest absolute Gasteiger partial charge is 0.211 e. The predicted octanol–water partition coefficient (Wildman–Crippen LogP) is 1.92. The largest absolute Gasteiger partial charge is 0.312 e. The van der Waals surface area contributed by atoms with Gasteiger partial charge in [-0.15, -0.1) is 0 Å². The molecule has 1 heterocycles. The van der Waals surface area contributed by atoms with Crippen LogP contribution < -0.4 is 5.32 Å². The zero-order valence-corrected chi connectivity index (χ0v) is 14.4. The van der Waals surface area contributed by atoms with E-state index in [2.05, 4.69) is 33.0 Å². The highest BCUT2D eigenvalue weighted by Crippen LogP contribution is 2.24. The molecule has 2 atom stereocenters. The molecule has 0 saturated carbocycles. The minimum absolute atomic E-state index is 0.136. The van der Waals surface area contributed by atoms with Gasteiger partial charge in [0.1, 0.15) is 0 Å². The minimum atomic E-state index is -3.05. The molecule has 0 aromatic carbocycles. The summed E-state index contributed by atoms with van der Waals surface area (Å²) >= 11 is 1.94. The molecule has 1 saturated heterocycles. The van der Waals surface area contributed by atoms with E-state index in [4.69, 9.17) is 0 Å². The minimum Gasteiger partial charge on any atom is -0.312 e. The van der Waals surface area contributed by atoms with Crippen LogP contribution in [-0.2, 0) is 10.0 Å². The predicted molar refractivity (Wildman–Crippen MR) is 84.2 cm³/mol. The van der Waals surface area contributed by atoms with Gasteiger partial charge in [-0.25, -0.2) is 8.42 Å². The van der Waals surface area contributed by atoms with Crippen LogP contribution in [0.4, 0.5) is 0 Å². The van der Waals surface area contributed by atoms with Crippen molar-refractivity contribution in [2.75, 3.05) is 25.1 Å². The van der Waals surface area contributed by atoms with Gasteiger partial charge in [0.2, 0.25) is 10.0 Å². The third-order valence-electron chi connectivity index (χ3n) is 3.22. The quantitative estimate of drug-likeness (QED) is 0.814. The van der Waals surface area contributed by atoms with Crippen LogP contribution in [-0.4, -0.2) is 54.7 Å². The fraction of sp³-hybridized carbons (Fsp3) is 1.00. The van der Waals surface area contributed by atoms with Gasteiger partial charge in [-0.05, 0) is 19.8 Å². The van der Waals surface area contributed by atoms with E-state index < -0.39 is 10.0 Å². The normalized spacial score (nSPS) is 23.7.